The third-order valence-corrected chi connectivity index (χ3v) is 3.57. The monoisotopic (exact) mass is 276 g/mol. The topological polar surface area (TPSA) is 15.3 Å². The minimum atomic E-state index is 0.238. The fourth-order valence-electron chi connectivity index (χ4n) is 2.42. The fourth-order valence-corrected chi connectivity index (χ4v) is 2.42. The van der Waals surface area contributed by atoms with Crippen molar-refractivity contribution in [2.75, 3.05) is 27.2 Å². The van der Waals surface area contributed by atoms with E-state index >= 15 is 0 Å². The van der Waals surface area contributed by atoms with E-state index in [9.17, 15) is 0 Å². The molecule has 0 spiro atoms. The number of hydrogen-bond acceptors (Lipinski definition) is 2. The predicted molar refractivity (Wildman–Crippen MR) is 89.5 cm³/mol. The van der Waals surface area contributed by atoms with Gasteiger partial charge in [-0.2, -0.15) is 0 Å². The molecule has 1 aromatic carbocycles. The molecule has 0 aliphatic carbocycles. The first-order valence-corrected chi connectivity index (χ1v) is 7.80. The lowest BCUT2D eigenvalue weighted by molar-refractivity contribution is 0.336. The molecule has 2 heteroatoms. The highest BCUT2D eigenvalue weighted by molar-refractivity contribution is 5.28. The quantitative estimate of drug-likeness (QED) is 0.820. The largest absolute Gasteiger partial charge is 0.312 e. The molecule has 0 radical (unpaired) electrons. The number of nitrogens with zero attached hydrogens (tertiary/aromatic N) is 1. The highest BCUT2D eigenvalue weighted by Crippen LogP contribution is 2.22. The molecule has 1 aromatic rings. The molecule has 2 nitrogen and oxygen atoms in total. The van der Waals surface area contributed by atoms with Crippen molar-refractivity contribution >= 4 is 0 Å². The zero-order valence-electron chi connectivity index (χ0n) is 14.2. The van der Waals surface area contributed by atoms with E-state index in [1.807, 2.05) is 0 Å². The second-order valence-corrected chi connectivity index (χ2v) is 7.06. The van der Waals surface area contributed by atoms with E-state index in [2.05, 4.69) is 76.3 Å². The molecule has 0 aromatic heterocycles. The molecule has 0 saturated carbocycles. The van der Waals surface area contributed by atoms with Crippen LogP contribution in [0.25, 0.3) is 0 Å². The summed E-state index contributed by atoms with van der Waals surface area (Å²) in [7, 11) is 4.28. The van der Waals surface area contributed by atoms with Crippen LogP contribution in [0.3, 0.4) is 0 Å². The normalized spacial score (nSPS) is 13.8. The van der Waals surface area contributed by atoms with Gasteiger partial charge in [-0.05, 0) is 50.0 Å². The van der Waals surface area contributed by atoms with Crippen LogP contribution in [0.5, 0.6) is 0 Å². The van der Waals surface area contributed by atoms with Gasteiger partial charge in [0.15, 0.2) is 0 Å². The molecule has 0 fully saturated rings. The molecule has 0 aliphatic heterocycles. The maximum absolute atomic E-state index is 3.65. The van der Waals surface area contributed by atoms with Crippen LogP contribution in [-0.4, -0.2) is 38.1 Å². The standard InChI is InChI=1S/C18H32N2/c1-7-12-19-17(14-20(5)6)13-15-8-10-16(11-9-15)18(2,3)4/h8-11,17,19H,7,12-14H2,1-6H3. The predicted octanol–water partition coefficient (Wildman–Crippen LogP) is 3.46. The van der Waals surface area contributed by atoms with Gasteiger partial charge >= 0.3 is 0 Å². The molecule has 0 bridgehead atoms. The molecule has 1 atom stereocenters. The summed E-state index contributed by atoms with van der Waals surface area (Å²) in [6.07, 6.45) is 2.29. The Hall–Kier alpha value is -0.860. The Morgan fingerprint density at radius 3 is 2.15 bits per heavy atom. The number of hydrogen-bond donors (Lipinski definition) is 1. The van der Waals surface area contributed by atoms with Crippen LogP contribution in [0.15, 0.2) is 24.3 Å². The van der Waals surface area contributed by atoms with Gasteiger partial charge in [0.25, 0.3) is 0 Å². The summed E-state index contributed by atoms with van der Waals surface area (Å²) >= 11 is 0. The van der Waals surface area contributed by atoms with E-state index in [4.69, 9.17) is 0 Å². The molecule has 114 valence electrons. The maximum atomic E-state index is 3.65. The van der Waals surface area contributed by atoms with E-state index in [1.54, 1.807) is 0 Å². The lowest BCUT2D eigenvalue weighted by Crippen LogP contribution is -2.40. The van der Waals surface area contributed by atoms with Crippen LogP contribution in [-0.2, 0) is 11.8 Å². The lowest BCUT2D eigenvalue weighted by atomic mass is 9.86. The molecule has 1 N–H and O–H groups in total. The first kappa shape index (κ1) is 17.2. The molecule has 0 heterocycles. The van der Waals surface area contributed by atoms with Crippen molar-refractivity contribution in [1.29, 1.82) is 0 Å². The lowest BCUT2D eigenvalue weighted by Gasteiger charge is -2.23. The summed E-state index contributed by atoms with van der Waals surface area (Å²) in [5.74, 6) is 0. The van der Waals surface area contributed by atoms with Gasteiger partial charge in [-0.25, -0.2) is 0 Å². The van der Waals surface area contributed by atoms with Crippen molar-refractivity contribution in [3.8, 4) is 0 Å². The van der Waals surface area contributed by atoms with Gasteiger partial charge in [0.1, 0.15) is 0 Å². The average Bonchev–Trinajstić information content (AvgIpc) is 2.35. The van der Waals surface area contributed by atoms with Gasteiger partial charge in [-0.3, -0.25) is 0 Å². The van der Waals surface area contributed by atoms with Crippen molar-refractivity contribution in [2.45, 2.75) is 52.0 Å². The number of nitrogens with one attached hydrogen (secondary N) is 1. The Balaban J connectivity index is 2.68. The number of benzene rings is 1. The Labute approximate surface area is 125 Å². The summed E-state index contributed by atoms with van der Waals surface area (Å²) in [4.78, 5) is 2.26. The Morgan fingerprint density at radius 1 is 1.10 bits per heavy atom. The maximum Gasteiger partial charge on any atom is 0.0235 e. The van der Waals surface area contributed by atoms with Crippen LogP contribution in [0.4, 0.5) is 0 Å². The van der Waals surface area contributed by atoms with Gasteiger partial charge in [0, 0.05) is 12.6 Å². The molecule has 1 rings (SSSR count). The van der Waals surface area contributed by atoms with Crippen LogP contribution < -0.4 is 5.32 Å². The molecule has 1 unspecified atom stereocenters. The number of rotatable bonds is 7. The second-order valence-electron chi connectivity index (χ2n) is 7.06. The molecule has 0 aliphatic rings. The van der Waals surface area contributed by atoms with Gasteiger partial charge in [-0.1, -0.05) is 52.0 Å². The summed E-state index contributed by atoms with van der Waals surface area (Å²) in [5.41, 5.74) is 3.07. The molecule has 0 amide bonds. The van der Waals surface area contributed by atoms with Crippen LogP contribution in [0, 0.1) is 0 Å². The van der Waals surface area contributed by atoms with Gasteiger partial charge in [0.2, 0.25) is 0 Å². The first-order valence-electron chi connectivity index (χ1n) is 7.80. The third-order valence-electron chi connectivity index (χ3n) is 3.57. The SMILES string of the molecule is CCCNC(Cc1ccc(C(C)(C)C)cc1)CN(C)C. The van der Waals surface area contributed by atoms with E-state index in [1.165, 1.54) is 17.5 Å². The minimum absolute atomic E-state index is 0.238. The van der Waals surface area contributed by atoms with Crippen molar-refractivity contribution in [1.82, 2.24) is 10.2 Å². The summed E-state index contributed by atoms with van der Waals surface area (Å²) in [6, 6.07) is 9.67. The molecular weight excluding hydrogens is 244 g/mol. The Bertz CT molecular complexity index is 373. The van der Waals surface area contributed by atoms with Crippen molar-refractivity contribution < 1.29 is 0 Å². The summed E-state index contributed by atoms with van der Waals surface area (Å²) in [6.45, 7) is 11.2. The minimum Gasteiger partial charge on any atom is -0.312 e. The van der Waals surface area contributed by atoms with Gasteiger partial charge in [0.05, 0.1) is 0 Å². The zero-order chi connectivity index (χ0) is 15.2. The third kappa shape index (κ3) is 6.06. The molecule has 20 heavy (non-hydrogen) atoms. The smallest absolute Gasteiger partial charge is 0.0235 e. The first-order chi connectivity index (χ1) is 9.32. The summed E-state index contributed by atoms with van der Waals surface area (Å²) < 4.78 is 0. The van der Waals surface area contributed by atoms with E-state index in [-0.39, 0.29) is 5.41 Å². The van der Waals surface area contributed by atoms with Crippen LogP contribution >= 0.6 is 0 Å². The van der Waals surface area contributed by atoms with Gasteiger partial charge < -0.3 is 10.2 Å². The molecular formula is C18H32N2. The Morgan fingerprint density at radius 2 is 1.70 bits per heavy atom. The van der Waals surface area contributed by atoms with Crippen molar-refractivity contribution in [3.05, 3.63) is 35.4 Å². The fraction of sp³-hybridized carbons (Fsp3) is 0.667. The van der Waals surface area contributed by atoms with Crippen LogP contribution in [0.1, 0.15) is 45.2 Å². The average molecular weight is 276 g/mol. The highest BCUT2D eigenvalue weighted by atomic mass is 15.1. The Kier molecular flexibility index (Phi) is 6.70. The second kappa shape index (κ2) is 7.80. The molecule has 0 saturated heterocycles. The summed E-state index contributed by atoms with van der Waals surface area (Å²) in [5, 5.41) is 3.65. The highest BCUT2D eigenvalue weighted by Gasteiger charge is 2.14. The van der Waals surface area contributed by atoms with Crippen LogP contribution in [0.2, 0.25) is 0 Å². The van der Waals surface area contributed by atoms with Gasteiger partial charge in [-0.15, -0.1) is 0 Å². The van der Waals surface area contributed by atoms with Crippen molar-refractivity contribution in [3.63, 3.8) is 0 Å². The number of likely N-dealkylation sites (N-methyl/N-ethyl adjacent to an activating group) is 1. The van der Waals surface area contributed by atoms with E-state index in [0.717, 1.165) is 19.5 Å². The zero-order valence-corrected chi connectivity index (χ0v) is 14.2. The van der Waals surface area contributed by atoms with Crippen molar-refractivity contribution in [2.24, 2.45) is 0 Å². The van der Waals surface area contributed by atoms with E-state index in [0.29, 0.717) is 6.04 Å². The van der Waals surface area contributed by atoms with E-state index < -0.39 is 0 Å².